The van der Waals surface area contributed by atoms with Crippen LogP contribution in [0.4, 0.5) is 17.3 Å². The molecule has 4 nitrogen and oxygen atoms in total. The molecule has 0 radical (unpaired) electrons. The highest BCUT2D eigenvalue weighted by Gasteiger charge is 2.12. The van der Waals surface area contributed by atoms with Gasteiger partial charge in [-0.15, -0.1) is 0 Å². The Balaban J connectivity index is 2.45. The Bertz CT molecular complexity index is 638. The van der Waals surface area contributed by atoms with Gasteiger partial charge in [0.05, 0.1) is 5.69 Å². The second-order valence-electron chi connectivity index (χ2n) is 5.16. The molecule has 0 atom stereocenters. The number of nitrogen functional groups attached to an aromatic ring is 1. The average Bonchev–Trinajstić information content (AvgIpc) is 2.39. The van der Waals surface area contributed by atoms with Crippen molar-refractivity contribution in [2.45, 2.75) is 33.6 Å². The number of aryl methyl sites for hydroxylation is 1. The van der Waals surface area contributed by atoms with Gasteiger partial charge in [0.2, 0.25) is 0 Å². The molecule has 0 bridgehead atoms. The van der Waals surface area contributed by atoms with E-state index in [9.17, 15) is 0 Å². The third kappa shape index (κ3) is 2.93. The maximum absolute atomic E-state index is 5.98. The third-order valence-electron chi connectivity index (χ3n) is 3.16. The molecule has 0 saturated carbocycles. The summed E-state index contributed by atoms with van der Waals surface area (Å²) < 4.78 is 1.03. The summed E-state index contributed by atoms with van der Waals surface area (Å²) >= 11 is 3.59. The van der Waals surface area contributed by atoms with Crippen LogP contribution in [0.1, 0.15) is 36.7 Å². The minimum Gasteiger partial charge on any atom is -0.383 e. The highest BCUT2D eigenvalue weighted by atomic mass is 79.9. The van der Waals surface area contributed by atoms with Crippen LogP contribution in [0.2, 0.25) is 0 Å². The number of halogens is 1. The van der Waals surface area contributed by atoms with E-state index in [0.29, 0.717) is 5.82 Å². The molecule has 106 valence electrons. The zero-order valence-corrected chi connectivity index (χ0v) is 13.7. The minimum atomic E-state index is 0.236. The van der Waals surface area contributed by atoms with Crippen LogP contribution in [-0.2, 0) is 0 Å². The lowest BCUT2D eigenvalue weighted by molar-refractivity contribution is 0.776. The first-order valence-electron chi connectivity index (χ1n) is 6.56. The number of nitrogens with two attached hydrogens (primary N) is 1. The molecule has 2 rings (SSSR count). The van der Waals surface area contributed by atoms with Gasteiger partial charge in [0, 0.05) is 16.0 Å². The first kappa shape index (κ1) is 14.8. The second kappa shape index (κ2) is 5.79. The topological polar surface area (TPSA) is 63.8 Å². The number of benzene rings is 1. The summed E-state index contributed by atoms with van der Waals surface area (Å²) in [5, 5.41) is 3.34. The molecule has 1 aromatic carbocycles. The van der Waals surface area contributed by atoms with E-state index in [0.717, 1.165) is 27.4 Å². The molecule has 0 aliphatic heterocycles. The van der Waals surface area contributed by atoms with E-state index in [1.54, 1.807) is 0 Å². The quantitative estimate of drug-likeness (QED) is 0.877. The molecule has 0 unspecified atom stereocenters. The van der Waals surface area contributed by atoms with Crippen molar-refractivity contribution in [1.29, 1.82) is 0 Å². The Labute approximate surface area is 128 Å². The van der Waals surface area contributed by atoms with Crippen molar-refractivity contribution < 1.29 is 0 Å². The monoisotopic (exact) mass is 334 g/mol. The van der Waals surface area contributed by atoms with Crippen LogP contribution >= 0.6 is 15.9 Å². The molecule has 0 aliphatic rings. The number of hydrogen-bond acceptors (Lipinski definition) is 4. The normalized spacial score (nSPS) is 10.9. The molecule has 0 spiro atoms. The van der Waals surface area contributed by atoms with Gasteiger partial charge in [0.15, 0.2) is 0 Å². The van der Waals surface area contributed by atoms with Crippen LogP contribution in [0.15, 0.2) is 22.7 Å². The van der Waals surface area contributed by atoms with E-state index >= 15 is 0 Å². The molecule has 0 fully saturated rings. The number of nitrogens with zero attached hydrogens (tertiary/aromatic N) is 2. The van der Waals surface area contributed by atoms with Crippen LogP contribution < -0.4 is 11.1 Å². The van der Waals surface area contributed by atoms with Crippen LogP contribution in [0.5, 0.6) is 0 Å². The van der Waals surface area contributed by atoms with Gasteiger partial charge >= 0.3 is 0 Å². The lowest BCUT2D eigenvalue weighted by atomic mass is 10.2. The van der Waals surface area contributed by atoms with Crippen molar-refractivity contribution in [3.05, 3.63) is 39.6 Å². The van der Waals surface area contributed by atoms with E-state index in [1.165, 1.54) is 5.56 Å². The fourth-order valence-electron chi connectivity index (χ4n) is 1.80. The van der Waals surface area contributed by atoms with Gasteiger partial charge in [-0.1, -0.05) is 26.0 Å². The van der Waals surface area contributed by atoms with Crippen LogP contribution in [0.3, 0.4) is 0 Å². The van der Waals surface area contributed by atoms with Crippen LogP contribution in [-0.4, -0.2) is 9.97 Å². The number of nitrogens with one attached hydrogen (secondary N) is 1. The van der Waals surface area contributed by atoms with Gasteiger partial charge < -0.3 is 11.1 Å². The Morgan fingerprint density at radius 1 is 1.20 bits per heavy atom. The van der Waals surface area contributed by atoms with Crippen molar-refractivity contribution in [3.8, 4) is 0 Å². The lowest BCUT2D eigenvalue weighted by Crippen LogP contribution is -2.08. The maximum atomic E-state index is 5.98. The summed E-state index contributed by atoms with van der Waals surface area (Å²) in [6, 6.07) is 6.06. The summed E-state index contributed by atoms with van der Waals surface area (Å²) in [5.41, 5.74) is 8.98. The summed E-state index contributed by atoms with van der Waals surface area (Å²) in [4.78, 5) is 8.91. The summed E-state index contributed by atoms with van der Waals surface area (Å²) in [6.07, 6.45) is 0. The van der Waals surface area contributed by atoms with Gasteiger partial charge in [-0.05, 0) is 41.4 Å². The fraction of sp³-hybridized carbons (Fsp3) is 0.333. The predicted octanol–water partition coefficient (Wildman–Crippen LogP) is 4.31. The highest BCUT2D eigenvalue weighted by Crippen LogP contribution is 2.30. The Morgan fingerprint density at radius 2 is 1.90 bits per heavy atom. The summed E-state index contributed by atoms with van der Waals surface area (Å²) in [6.45, 7) is 8.08. The average molecular weight is 335 g/mol. The number of anilines is 3. The summed E-state index contributed by atoms with van der Waals surface area (Å²) in [5.74, 6) is 2.27. The molecule has 5 heteroatoms. The lowest BCUT2D eigenvalue weighted by Gasteiger charge is -2.15. The molecule has 0 aliphatic carbocycles. The zero-order chi connectivity index (χ0) is 14.9. The van der Waals surface area contributed by atoms with Crippen molar-refractivity contribution in [1.82, 2.24) is 9.97 Å². The van der Waals surface area contributed by atoms with Crippen LogP contribution in [0.25, 0.3) is 0 Å². The minimum absolute atomic E-state index is 0.236. The Hall–Kier alpha value is -1.62. The van der Waals surface area contributed by atoms with Crippen molar-refractivity contribution in [3.63, 3.8) is 0 Å². The second-order valence-corrected chi connectivity index (χ2v) is 5.95. The van der Waals surface area contributed by atoms with E-state index in [4.69, 9.17) is 5.73 Å². The molecule has 0 saturated heterocycles. The molecule has 1 aromatic heterocycles. The van der Waals surface area contributed by atoms with Crippen molar-refractivity contribution in [2.24, 2.45) is 0 Å². The number of rotatable bonds is 3. The molecular formula is C15H19BrN4. The van der Waals surface area contributed by atoms with Gasteiger partial charge in [0.25, 0.3) is 0 Å². The predicted molar refractivity (Wildman–Crippen MR) is 87.4 cm³/mol. The van der Waals surface area contributed by atoms with E-state index in [1.807, 2.05) is 19.1 Å². The van der Waals surface area contributed by atoms with E-state index in [2.05, 4.69) is 58.1 Å². The van der Waals surface area contributed by atoms with E-state index < -0.39 is 0 Å². The number of hydrogen-bond donors (Lipinski definition) is 2. The molecule has 0 amide bonds. The van der Waals surface area contributed by atoms with Crippen molar-refractivity contribution in [2.75, 3.05) is 11.1 Å². The van der Waals surface area contributed by atoms with Gasteiger partial charge in [-0.25, -0.2) is 9.97 Å². The van der Waals surface area contributed by atoms with Crippen LogP contribution in [0, 0.1) is 13.8 Å². The smallest absolute Gasteiger partial charge is 0.139 e. The molecule has 2 aromatic rings. The maximum Gasteiger partial charge on any atom is 0.139 e. The highest BCUT2D eigenvalue weighted by molar-refractivity contribution is 9.10. The summed E-state index contributed by atoms with van der Waals surface area (Å²) in [7, 11) is 0. The molecule has 3 N–H and O–H groups in total. The standard InChI is InChI=1S/C15H19BrN4/c1-8(2)14-19-13(17)10(4)15(20-14)18-11-7-5-6-9(3)12(11)16/h5-8H,1-4H3,(H3,17,18,19,20). The first-order chi connectivity index (χ1) is 9.40. The molecule has 20 heavy (non-hydrogen) atoms. The third-order valence-corrected chi connectivity index (χ3v) is 4.21. The zero-order valence-electron chi connectivity index (χ0n) is 12.2. The van der Waals surface area contributed by atoms with Crippen molar-refractivity contribution >= 4 is 33.3 Å². The fourth-order valence-corrected chi connectivity index (χ4v) is 2.17. The Morgan fingerprint density at radius 3 is 2.55 bits per heavy atom. The van der Waals surface area contributed by atoms with E-state index in [-0.39, 0.29) is 5.92 Å². The first-order valence-corrected chi connectivity index (χ1v) is 7.35. The van der Waals surface area contributed by atoms with Gasteiger partial charge in [-0.2, -0.15) is 0 Å². The molecular weight excluding hydrogens is 316 g/mol. The van der Waals surface area contributed by atoms with Gasteiger partial charge in [0.1, 0.15) is 17.5 Å². The number of aromatic nitrogens is 2. The molecule has 1 heterocycles. The Kier molecular flexibility index (Phi) is 4.28. The van der Waals surface area contributed by atoms with Gasteiger partial charge in [-0.3, -0.25) is 0 Å². The SMILES string of the molecule is Cc1cccc(Nc2nc(C(C)C)nc(N)c2C)c1Br. The largest absolute Gasteiger partial charge is 0.383 e.